The van der Waals surface area contributed by atoms with Crippen LogP contribution in [-0.2, 0) is 11.3 Å². The molecule has 2 rings (SSSR count). The van der Waals surface area contributed by atoms with Gasteiger partial charge in [-0.3, -0.25) is 10.1 Å². The number of rotatable bonds is 5. The smallest absolute Gasteiger partial charge is 0.433 e. The van der Waals surface area contributed by atoms with Gasteiger partial charge in [0.1, 0.15) is 10.7 Å². The van der Waals surface area contributed by atoms with E-state index in [4.69, 9.17) is 4.42 Å². The van der Waals surface area contributed by atoms with Gasteiger partial charge in [-0.15, -0.1) is 0 Å². The average molecular weight is 276 g/mol. The van der Waals surface area contributed by atoms with Crippen LogP contribution in [0, 0.1) is 10.1 Å². The Kier molecular flexibility index (Phi) is 3.99. The fourth-order valence-corrected chi connectivity index (χ4v) is 1.62. The molecule has 1 aromatic carbocycles. The summed E-state index contributed by atoms with van der Waals surface area (Å²) in [5.41, 5.74) is 1.11. The summed E-state index contributed by atoms with van der Waals surface area (Å²) in [6.07, 6.45) is 0. The molecule has 0 amide bonds. The van der Waals surface area contributed by atoms with Crippen molar-refractivity contribution in [2.75, 3.05) is 12.4 Å². The van der Waals surface area contributed by atoms with Crippen LogP contribution >= 0.6 is 0 Å². The lowest BCUT2D eigenvalue weighted by molar-refractivity contribution is -0.402. The van der Waals surface area contributed by atoms with Gasteiger partial charge >= 0.3 is 11.9 Å². The number of carbonyl (C=O) groups excluding carboxylic acids is 1. The molecule has 0 saturated carbocycles. The third-order valence-electron chi connectivity index (χ3n) is 2.58. The van der Waals surface area contributed by atoms with E-state index in [1.165, 1.54) is 19.2 Å². The van der Waals surface area contributed by atoms with Crippen molar-refractivity contribution < 1.29 is 18.9 Å². The van der Waals surface area contributed by atoms with Gasteiger partial charge in [-0.05, 0) is 24.3 Å². The number of carbonyl (C=O) groups is 1. The highest BCUT2D eigenvalue weighted by atomic mass is 16.6. The molecular weight excluding hydrogens is 264 g/mol. The molecule has 104 valence electrons. The predicted molar refractivity (Wildman–Crippen MR) is 70.5 cm³/mol. The Morgan fingerprint density at radius 1 is 1.40 bits per heavy atom. The summed E-state index contributed by atoms with van der Waals surface area (Å²) in [6.45, 7) is 0.276. The number of esters is 1. The molecule has 0 aliphatic carbocycles. The minimum Gasteiger partial charge on any atom is -0.465 e. The van der Waals surface area contributed by atoms with Crippen molar-refractivity contribution in [2.24, 2.45) is 0 Å². The van der Waals surface area contributed by atoms with Gasteiger partial charge in [0.25, 0.3) is 0 Å². The Morgan fingerprint density at radius 3 is 2.85 bits per heavy atom. The summed E-state index contributed by atoms with van der Waals surface area (Å²) in [5, 5.41) is 13.5. The SMILES string of the molecule is COC(=O)c1cccc(NCc2ccc([N+](=O)[O-])o2)c1. The number of nitrogens with zero attached hydrogens (tertiary/aromatic N) is 1. The number of hydrogen-bond acceptors (Lipinski definition) is 6. The summed E-state index contributed by atoms with van der Waals surface area (Å²) in [5.74, 6) is -0.299. The number of methoxy groups -OCH3 is 1. The first-order chi connectivity index (χ1) is 9.60. The monoisotopic (exact) mass is 276 g/mol. The van der Waals surface area contributed by atoms with Crippen molar-refractivity contribution in [3.8, 4) is 0 Å². The highest BCUT2D eigenvalue weighted by Gasteiger charge is 2.11. The van der Waals surface area contributed by atoms with Crippen molar-refractivity contribution >= 4 is 17.5 Å². The number of benzene rings is 1. The van der Waals surface area contributed by atoms with Crippen LogP contribution in [0.15, 0.2) is 40.8 Å². The van der Waals surface area contributed by atoms with Crippen molar-refractivity contribution in [1.29, 1.82) is 0 Å². The highest BCUT2D eigenvalue weighted by Crippen LogP contribution is 2.18. The molecule has 7 heteroatoms. The molecule has 0 spiro atoms. The first-order valence-electron chi connectivity index (χ1n) is 5.75. The molecular formula is C13H12N2O5. The molecule has 0 fully saturated rings. The molecule has 20 heavy (non-hydrogen) atoms. The third-order valence-corrected chi connectivity index (χ3v) is 2.58. The molecule has 0 aliphatic heterocycles. The maximum atomic E-state index is 11.4. The van der Waals surface area contributed by atoms with Crippen molar-refractivity contribution in [1.82, 2.24) is 0 Å². The highest BCUT2D eigenvalue weighted by molar-refractivity contribution is 5.90. The quantitative estimate of drug-likeness (QED) is 0.512. The molecule has 0 aliphatic rings. The van der Waals surface area contributed by atoms with Gasteiger partial charge in [-0.25, -0.2) is 4.79 Å². The zero-order chi connectivity index (χ0) is 14.5. The standard InChI is InChI=1S/C13H12N2O5/c1-19-13(16)9-3-2-4-10(7-9)14-8-11-5-6-12(20-11)15(17)18/h2-7,14H,8H2,1H3. The maximum absolute atomic E-state index is 11.4. The molecule has 0 bridgehead atoms. The van der Waals surface area contributed by atoms with Crippen molar-refractivity contribution in [3.63, 3.8) is 0 Å². The van der Waals surface area contributed by atoms with Crippen LogP contribution in [0.1, 0.15) is 16.1 Å². The first-order valence-corrected chi connectivity index (χ1v) is 5.75. The largest absolute Gasteiger partial charge is 0.465 e. The number of ether oxygens (including phenoxy) is 1. The fourth-order valence-electron chi connectivity index (χ4n) is 1.62. The summed E-state index contributed by atoms with van der Waals surface area (Å²) < 4.78 is 9.64. The Hall–Kier alpha value is -2.83. The molecule has 0 unspecified atom stereocenters. The summed E-state index contributed by atoms with van der Waals surface area (Å²) >= 11 is 0. The minimum absolute atomic E-state index is 0.276. The van der Waals surface area contributed by atoms with Gasteiger partial charge in [0.15, 0.2) is 0 Å². The average Bonchev–Trinajstić information content (AvgIpc) is 2.93. The molecule has 7 nitrogen and oxygen atoms in total. The molecule has 0 saturated heterocycles. The second-order valence-electron chi connectivity index (χ2n) is 3.92. The number of nitrogens with one attached hydrogen (secondary N) is 1. The lowest BCUT2D eigenvalue weighted by Gasteiger charge is -2.05. The number of nitro groups is 1. The van der Waals surface area contributed by atoms with E-state index < -0.39 is 10.9 Å². The van der Waals surface area contributed by atoms with E-state index in [9.17, 15) is 14.9 Å². The normalized spacial score (nSPS) is 10.1. The number of anilines is 1. The summed E-state index contributed by atoms with van der Waals surface area (Å²) in [4.78, 5) is 21.3. The zero-order valence-corrected chi connectivity index (χ0v) is 10.7. The van der Waals surface area contributed by atoms with Gasteiger partial charge in [0.05, 0.1) is 25.3 Å². The van der Waals surface area contributed by atoms with E-state index in [-0.39, 0.29) is 12.4 Å². The Labute approximate surface area is 114 Å². The van der Waals surface area contributed by atoms with Crippen LogP contribution in [0.25, 0.3) is 0 Å². The summed E-state index contributed by atoms with van der Waals surface area (Å²) in [6, 6.07) is 9.55. The van der Waals surface area contributed by atoms with Crippen LogP contribution in [0.3, 0.4) is 0 Å². The summed E-state index contributed by atoms with van der Waals surface area (Å²) in [7, 11) is 1.31. The minimum atomic E-state index is -0.596. The molecule has 1 aromatic heterocycles. The van der Waals surface area contributed by atoms with Crippen LogP contribution < -0.4 is 5.32 Å². The van der Waals surface area contributed by atoms with E-state index in [2.05, 4.69) is 10.1 Å². The number of hydrogen-bond donors (Lipinski definition) is 1. The van der Waals surface area contributed by atoms with Gasteiger partial charge in [-0.2, -0.15) is 0 Å². The van der Waals surface area contributed by atoms with Gasteiger partial charge in [0, 0.05) is 5.69 Å². The predicted octanol–water partition coefficient (Wildman–Crippen LogP) is 2.59. The third kappa shape index (κ3) is 3.14. The van der Waals surface area contributed by atoms with Crippen LogP contribution in [-0.4, -0.2) is 18.0 Å². The van der Waals surface area contributed by atoms with Gasteiger partial charge < -0.3 is 14.5 Å². The van der Waals surface area contributed by atoms with E-state index in [1.807, 2.05) is 0 Å². The molecule has 1 heterocycles. The zero-order valence-electron chi connectivity index (χ0n) is 10.7. The van der Waals surface area contributed by atoms with E-state index in [0.29, 0.717) is 17.0 Å². The molecule has 2 aromatic rings. The topological polar surface area (TPSA) is 94.6 Å². The Bertz CT molecular complexity index is 635. The second kappa shape index (κ2) is 5.87. The maximum Gasteiger partial charge on any atom is 0.433 e. The first kappa shape index (κ1) is 13.6. The molecule has 0 atom stereocenters. The Morgan fingerprint density at radius 2 is 2.20 bits per heavy atom. The lowest BCUT2D eigenvalue weighted by atomic mass is 10.2. The van der Waals surface area contributed by atoms with Gasteiger partial charge in [-0.1, -0.05) is 6.07 Å². The number of furan rings is 1. The Balaban J connectivity index is 2.03. The van der Waals surface area contributed by atoms with Crippen molar-refractivity contribution in [3.05, 3.63) is 57.8 Å². The molecule has 1 N–H and O–H groups in total. The molecule has 0 radical (unpaired) electrons. The van der Waals surface area contributed by atoms with Crippen LogP contribution in [0.4, 0.5) is 11.6 Å². The van der Waals surface area contributed by atoms with Gasteiger partial charge in [0.2, 0.25) is 0 Å². The lowest BCUT2D eigenvalue weighted by Crippen LogP contribution is -2.03. The van der Waals surface area contributed by atoms with Crippen LogP contribution in [0.5, 0.6) is 0 Å². The fraction of sp³-hybridized carbons (Fsp3) is 0.154. The van der Waals surface area contributed by atoms with E-state index in [1.54, 1.807) is 24.3 Å². The second-order valence-corrected chi connectivity index (χ2v) is 3.92. The van der Waals surface area contributed by atoms with Crippen molar-refractivity contribution in [2.45, 2.75) is 6.54 Å². The van der Waals surface area contributed by atoms with E-state index >= 15 is 0 Å². The van der Waals surface area contributed by atoms with E-state index in [0.717, 1.165) is 0 Å². The van der Waals surface area contributed by atoms with Crippen LogP contribution in [0.2, 0.25) is 0 Å².